The summed E-state index contributed by atoms with van der Waals surface area (Å²) in [6, 6.07) is 7.44. The van der Waals surface area contributed by atoms with E-state index in [4.69, 9.17) is 5.26 Å². The summed E-state index contributed by atoms with van der Waals surface area (Å²) < 4.78 is 0. The molecule has 1 aromatic rings. The van der Waals surface area contributed by atoms with Crippen LogP contribution in [0.2, 0.25) is 0 Å². The molecule has 0 spiro atoms. The van der Waals surface area contributed by atoms with Crippen LogP contribution in [-0.4, -0.2) is 10.7 Å². The van der Waals surface area contributed by atoms with E-state index in [9.17, 15) is 14.9 Å². The van der Waals surface area contributed by atoms with Crippen LogP contribution < -0.4 is 0 Å². The molecule has 0 aliphatic rings. The second kappa shape index (κ2) is 5.61. The number of hydrogen-bond donors (Lipinski definition) is 0. The van der Waals surface area contributed by atoms with E-state index < -0.39 is 4.92 Å². The summed E-state index contributed by atoms with van der Waals surface area (Å²) in [6.45, 7) is 0. The van der Waals surface area contributed by atoms with Gasteiger partial charge in [-0.15, -0.1) is 0 Å². The van der Waals surface area contributed by atoms with Gasteiger partial charge in [0.2, 0.25) is 0 Å². The van der Waals surface area contributed by atoms with Gasteiger partial charge in [-0.1, -0.05) is 0 Å². The number of benzene rings is 1. The summed E-state index contributed by atoms with van der Waals surface area (Å²) in [4.78, 5) is 21.4. The van der Waals surface area contributed by atoms with E-state index in [1.54, 1.807) is 0 Å². The minimum Gasteiger partial charge on any atom is -0.294 e. The van der Waals surface area contributed by atoms with Crippen molar-refractivity contribution in [2.24, 2.45) is 0 Å². The normalized spacial score (nSPS) is 9.44. The molecule has 0 saturated heterocycles. The monoisotopic (exact) mass is 218 g/mol. The number of Topliss-reactive ketones (excluding diaryl/α,β-unsaturated/α-hetero) is 1. The topological polar surface area (TPSA) is 84.0 Å². The zero-order valence-electron chi connectivity index (χ0n) is 8.55. The molecule has 0 aliphatic heterocycles. The van der Waals surface area contributed by atoms with E-state index >= 15 is 0 Å². The lowest BCUT2D eigenvalue weighted by molar-refractivity contribution is -0.384. The highest BCUT2D eigenvalue weighted by atomic mass is 16.6. The van der Waals surface area contributed by atoms with Crippen LogP contribution in [0.5, 0.6) is 0 Å². The fraction of sp³-hybridized carbons (Fsp3) is 0.273. The molecule has 0 aromatic heterocycles. The molecule has 0 radical (unpaired) electrons. The van der Waals surface area contributed by atoms with Crippen molar-refractivity contribution >= 4 is 11.5 Å². The number of ketones is 1. The van der Waals surface area contributed by atoms with E-state index in [1.807, 2.05) is 6.07 Å². The van der Waals surface area contributed by atoms with Crippen molar-refractivity contribution in [3.05, 3.63) is 39.9 Å². The maximum absolute atomic E-state index is 11.5. The number of rotatable bonds is 5. The molecular formula is C11H10N2O3. The Kier molecular flexibility index (Phi) is 4.16. The van der Waals surface area contributed by atoms with Gasteiger partial charge in [-0.25, -0.2) is 0 Å². The number of nitro groups is 1. The summed E-state index contributed by atoms with van der Waals surface area (Å²) in [5.41, 5.74) is 0.414. The number of non-ortho nitro benzene ring substituents is 1. The van der Waals surface area contributed by atoms with Crippen molar-refractivity contribution in [3.63, 3.8) is 0 Å². The van der Waals surface area contributed by atoms with E-state index in [0.29, 0.717) is 24.8 Å². The second-order valence-corrected chi connectivity index (χ2v) is 3.24. The quantitative estimate of drug-likeness (QED) is 0.329. The van der Waals surface area contributed by atoms with Crippen molar-refractivity contribution in [1.82, 2.24) is 0 Å². The molecule has 0 aliphatic carbocycles. The van der Waals surface area contributed by atoms with E-state index in [0.717, 1.165) is 0 Å². The van der Waals surface area contributed by atoms with Crippen LogP contribution in [0, 0.1) is 21.4 Å². The fourth-order valence-corrected chi connectivity index (χ4v) is 1.24. The number of nitrogens with zero attached hydrogens (tertiary/aromatic N) is 2. The molecule has 0 saturated carbocycles. The van der Waals surface area contributed by atoms with E-state index in [-0.39, 0.29) is 11.5 Å². The minimum atomic E-state index is -0.510. The number of nitriles is 1. The van der Waals surface area contributed by atoms with Gasteiger partial charge in [0.15, 0.2) is 5.78 Å². The third-order valence-corrected chi connectivity index (χ3v) is 2.09. The average molecular weight is 218 g/mol. The van der Waals surface area contributed by atoms with Gasteiger partial charge in [0.1, 0.15) is 0 Å². The first-order chi connectivity index (χ1) is 7.65. The first kappa shape index (κ1) is 11.9. The molecule has 0 bridgehead atoms. The third kappa shape index (κ3) is 3.17. The Balaban J connectivity index is 2.64. The molecule has 5 heteroatoms. The first-order valence-electron chi connectivity index (χ1n) is 4.79. The van der Waals surface area contributed by atoms with Gasteiger partial charge in [-0.2, -0.15) is 5.26 Å². The molecule has 1 rings (SSSR count). The van der Waals surface area contributed by atoms with Gasteiger partial charge in [-0.3, -0.25) is 14.9 Å². The molecule has 0 amide bonds. The Morgan fingerprint density at radius 3 is 2.50 bits per heavy atom. The predicted molar refractivity (Wildman–Crippen MR) is 56.9 cm³/mol. The van der Waals surface area contributed by atoms with Gasteiger partial charge >= 0.3 is 0 Å². The highest BCUT2D eigenvalue weighted by Crippen LogP contribution is 2.14. The van der Waals surface area contributed by atoms with Gasteiger partial charge in [0.25, 0.3) is 5.69 Å². The lowest BCUT2D eigenvalue weighted by Crippen LogP contribution is -1.99. The SMILES string of the molecule is N#CCCCC(=O)c1ccc([N+](=O)[O-])cc1. The van der Waals surface area contributed by atoms with Gasteiger partial charge in [0.05, 0.1) is 11.0 Å². The van der Waals surface area contributed by atoms with Crippen molar-refractivity contribution in [2.75, 3.05) is 0 Å². The smallest absolute Gasteiger partial charge is 0.269 e. The Labute approximate surface area is 92.5 Å². The zero-order valence-corrected chi connectivity index (χ0v) is 8.55. The molecule has 0 fully saturated rings. The number of carbonyl (C=O) groups is 1. The van der Waals surface area contributed by atoms with Crippen LogP contribution in [0.25, 0.3) is 0 Å². The van der Waals surface area contributed by atoms with Crippen molar-refractivity contribution in [1.29, 1.82) is 5.26 Å². The molecule has 5 nitrogen and oxygen atoms in total. The average Bonchev–Trinajstić information content (AvgIpc) is 2.29. The van der Waals surface area contributed by atoms with Crippen LogP contribution in [0.1, 0.15) is 29.6 Å². The molecular weight excluding hydrogens is 208 g/mol. The molecule has 16 heavy (non-hydrogen) atoms. The molecule has 0 atom stereocenters. The van der Waals surface area contributed by atoms with Crippen LogP contribution >= 0.6 is 0 Å². The Morgan fingerprint density at radius 2 is 2.00 bits per heavy atom. The Hall–Kier alpha value is -2.22. The fourth-order valence-electron chi connectivity index (χ4n) is 1.24. The summed E-state index contributed by atoms with van der Waals surface area (Å²) in [5, 5.41) is 18.7. The number of unbranched alkanes of at least 4 members (excludes halogenated alkanes) is 1. The van der Waals surface area contributed by atoms with E-state index in [2.05, 4.69) is 0 Å². The van der Waals surface area contributed by atoms with Gasteiger partial charge in [-0.05, 0) is 18.6 Å². The van der Waals surface area contributed by atoms with Crippen LogP contribution in [0.3, 0.4) is 0 Å². The van der Waals surface area contributed by atoms with Gasteiger partial charge < -0.3 is 0 Å². The minimum absolute atomic E-state index is 0.0337. The number of nitro benzene ring substituents is 1. The number of carbonyl (C=O) groups excluding carboxylic acids is 1. The number of hydrogen-bond acceptors (Lipinski definition) is 4. The van der Waals surface area contributed by atoms with Crippen LogP contribution in [0.15, 0.2) is 24.3 Å². The Morgan fingerprint density at radius 1 is 1.38 bits per heavy atom. The molecule has 82 valence electrons. The maximum atomic E-state index is 11.5. The van der Waals surface area contributed by atoms with Crippen molar-refractivity contribution < 1.29 is 9.72 Å². The third-order valence-electron chi connectivity index (χ3n) is 2.09. The summed E-state index contributed by atoms with van der Waals surface area (Å²) in [6.07, 6.45) is 1.16. The van der Waals surface area contributed by atoms with Crippen LogP contribution in [0.4, 0.5) is 5.69 Å². The largest absolute Gasteiger partial charge is 0.294 e. The van der Waals surface area contributed by atoms with Crippen LogP contribution in [-0.2, 0) is 0 Å². The lowest BCUT2D eigenvalue weighted by Gasteiger charge is -1.98. The maximum Gasteiger partial charge on any atom is 0.269 e. The standard InChI is InChI=1S/C11H10N2O3/c12-8-2-1-3-11(14)9-4-6-10(7-5-9)13(15)16/h4-7H,1-3H2. The summed E-state index contributed by atoms with van der Waals surface area (Å²) in [5.74, 6) is -0.0925. The molecule has 1 aromatic carbocycles. The van der Waals surface area contributed by atoms with Gasteiger partial charge in [0, 0.05) is 30.5 Å². The highest BCUT2D eigenvalue weighted by molar-refractivity contribution is 5.96. The Bertz CT molecular complexity index is 432. The van der Waals surface area contributed by atoms with Crippen molar-refractivity contribution in [2.45, 2.75) is 19.3 Å². The molecule has 0 heterocycles. The lowest BCUT2D eigenvalue weighted by atomic mass is 10.1. The summed E-state index contributed by atoms with van der Waals surface area (Å²) in [7, 11) is 0. The summed E-state index contributed by atoms with van der Waals surface area (Å²) >= 11 is 0. The molecule has 0 N–H and O–H groups in total. The zero-order chi connectivity index (χ0) is 12.0. The highest BCUT2D eigenvalue weighted by Gasteiger charge is 2.08. The second-order valence-electron chi connectivity index (χ2n) is 3.24. The van der Waals surface area contributed by atoms with Crippen molar-refractivity contribution in [3.8, 4) is 6.07 Å². The molecule has 0 unspecified atom stereocenters. The van der Waals surface area contributed by atoms with E-state index in [1.165, 1.54) is 24.3 Å². The first-order valence-corrected chi connectivity index (χ1v) is 4.79. The predicted octanol–water partition coefficient (Wildman–Crippen LogP) is 2.47.